The largest absolute Gasteiger partial charge is 0.394 e. The zero-order valence-corrected chi connectivity index (χ0v) is 22.0. The Kier molecular flexibility index (Phi) is 10.0. The molecule has 15 heteroatoms. The molecule has 0 aliphatic rings. The summed E-state index contributed by atoms with van der Waals surface area (Å²) in [6.07, 6.45) is 1.40. The van der Waals surface area contributed by atoms with Crippen molar-refractivity contribution >= 4 is 32.9 Å². The summed E-state index contributed by atoms with van der Waals surface area (Å²) in [5, 5.41) is 11.9. The van der Waals surface area contributed by atoms with E-state index >= 15 is 4.39 Å². The molecule has 3 rings (SSSR count). The van der Waals surface area contributed by atoms with E-state index in [1.54, 1.807) is 6.92 Å². The topological polar surface area (TPSA) is 148 Å². The second-order valence-electron chi connectivity index (χ2n) is 8.08. The number of fused-ring (bicyclic) bond motifs is 1. The molecule has 0 aliphatic carbocycles. The molecule has 2 heterocycles. The maximum absolute atomic E-state index is 15.4. The van der Waals surface area contributed by atoms with Crippen LogP contribution in [0.1, 0.15) is 6.92 Å². The Morgan fingerprint density at radius 1 is 1.16 bits per heavy atom. The zero-order valence-electron chi connectivity index (χ0n) is 21.2. The molecule has 0 radical (unpaired) electrons. The molecule has 208 valence electrons. The van der Waals surface area contributed by atoms with Gasteiger partial charge in [0.2, 0.25) is 5.95 Å². The third-order valence-electron chi connectivity index (χ3n) is 5.54. The van der Waals surface area contributed by atoms with Crippen molar-refractivity contribution in [1.29, 1.82) is 0 Å². The standard InChI is InChI=1S/C23H30F2N6O6S/c1-4-30(2)38(34,35)29-18-6-5-17(24)19(20(18)25)16-13-15-14-27-23(28-21(15)31(3)22(16)33)26-7-9-36-11-12-37-10-8-32/h5-6,13-14,29,32H,4,7-12H2,1-3H3,(H,26,27,28). The number of nitrogens with zero attached hydrogens (tertiary/aromatic N) is 4. The Balaban J connectivity index is 1.85. The molecule has 0 atom stereocenters. The molecule has 0 fully saturated rings. The molecular formula is C23H30F2N6O6S. The maximum atomic E-state index is 15.4. The number of aromatic nitrogens is 3. The van der Waals surface area contributed by atoms with Crippen LogP contribution >= 0.6 is 0 Å². The van der Waals surface area contributed by atoms with Crippen LogP contribution in [0.25, 0.3) is 22.2 Å². The number of hydrogen-bond acceptors (Lipinski definition) is 9. The highest BCUT2D eigenvalue weighted by Gasteiger charge is 2.24. The van der Waals surface area contributed by atoms with Gasteiger partial charge in [-0.3, -0.25) is 14.1 Å². The zero-order chi connectivity index (χ0) is 27.9. The number of aliphatic hydroxyl groups excluding tert-OH is 1. The number of anilines is 2. The number of ether oxygens (including phenoxy) is 2. The lowest BCUT2D eigenvalue weighted by Crippen LogP contribution is -2.32. The highest BCUT2D eigenvalue weighted by atomic mass is 32.2. The minimum absolute atomic E-state index is 0.0560. The highest BCUT2D eigenvalue weighted by Crippen LogP contribution is 2.31. The van der Waals surface area contributed by atoms with E-state index in [1.165, 1.54) is 26.4 Å². The molecule has 0 spiro atoms. The Morgan fingerprint density at radius 3 is 2.55 bits per heavy atom. The molecule has 12 nitrogen and oxygen atoms in total. The fourth-order valence-electron chi connectivity index (χ4n) is 3.40. The average Bonchev–Trinajstić information content (AvgIpc) is 2.89. The quantitative estimate of drug-likeness (QED) is 0.250. The molecular weight excluding hydrogens is 526 g/mol. The summed E-state index contributed by atoms with van der Waals surface area (Å²) in [5.74, 6) is -2.05. The van der Waals surface area contributed by atoms with E-state index in [2.05, 4.69) is 20.0 Å². The van der Waals surface area contributed by atoms with Crippen LogP contribution in [0.5, 0.6) is 0 Å². The van der Waals surface area contributed by atoms with Gasteiger partial charge in [-0.1, -0.05) is 6.92 Å². The van der Waals surface area contributed by atoms with Crippen molar-refractivity contribution in [3.8, 4) is 11.1 Å². The van der Waals surface area contributed by atoms with E-state index in [0.717, 1.165) is 21.0 Å². The van der Waals surface area contributed by atoms with Gasteiger partial charge in [-0.2, -0.15) is 17.7 Å². The second kappa shape index (κ2) is 13.0. The lowest BCUT2D eigenvalue weighted by Gasteiger charge is -2.18. The number of hydrogen-bond donors (Lipinski definition) is 3. The number of nitrogens with one attached hydrogen (secondary N) is 2. The lowest BCUT2D eigenvalue weighted by atomic mass is 10.0. The van der Waals surface area contributed by atoms with Gasteiger partial charge in [-0.25, -0.2) is 13.8 Å². The molecule has 0 aliphatic heterocycles. The van der Waals surface area contributed by atoms with Crippen molar-refractivity contribution in [3.63, 3.8) is 0 Å². The van der Waals surface area contributed by atoms with Gasteiger partial charge in [0.1, 0.15) is 11.5 Å². The fraction of sp³-hybridized carbons (Fsp3) is 0.435. The Morgan fingerprint density at radius 2 is 1.87 bits per heavy atom. The highest BCUT2D eigenvalue weighted by molar-refractivity contribution is 7.90. The molecule has 0 saturated carbocycles. The van der Waals surface area contributed by atoms with Crippen molar-refractivity contribution in [1.82, 2.24) is 18.8 Å². The number of pyridine rings is 1. The van der Waals surface area contributed by atoms with Gasteiger partial charge in [-0.15, -0.1) is 0 Å². The Hall–Kier alpha value is -3.24. The van der Waals surface area contributed by atoms with Crippen LogP contribution in [-0.2, 0) is 26.7 Å². The summed E-state index contributed by atoms with van der Waals surface area (Å²) < 4.78 is 69.5. The van der Waals surface area contributed by atoms with E-state index in [1.807, 2.05) is 0 Å². The average molecular weight is 557 g/mol. The third-order valence-corrected chi connectivity index (χ3v) is 7.10. The molecule has 2 aromatic heterocycles. The van der Waals surface area contributed by atoms with Gasteiger partial charge >= 0.3 is 10.2 Å². The van der Waals surface area contributed by atoms with Gasteiger partial charge in [0.25, 0.3) is 5.56 Å². The van der Waals surface area contributed by atoms with Gasteiger partial charge in [0.05, 0.1) is 49.8 Å². The first kappa shape index (κ1) is 29.3. The van der Waals surface area contributed by atoms with Crippen molar-refractivity contribution in [3.05, 3.63) is 46.4 Å². The summed E-state index contributed by atoms with van der Waals surface area (Å²) in [5.41, 5.74) is -2.01. The van der Waals surface area contributed by atoms with Crippen LogP contribution < -0.4 is 15.6 Å². The molecule has 3 N–H and O–H groups in total. The van der Waals surface area contributed by atoms with E-state index in [9.17, 15) is 17.6 Å². The Bertz CT molecular complexity index is 1440. The summed E-state index contributed by atoms with van der Waals surface area (Å²) >= 11 is 0. The van der Waals surface area contributed by atoms with E-state index in [4.69, 9.17) is 14.6 Å². The van der Waals surface area contributed by atoms with Gasteiger partial charge in [0, 0.05) is 38.8 Å². The molecule has 0 bridgehead atoms. The predicted octanol–water partition coefficient (Wildman–Crippen LogP) is 1.32. The van der Waals surface area contributed by atoms with Crippen LogP contribution in [0.3, 0.4) is 0 Å². The van der Waals surface area contributed by atoms with Gasteiger partial charge < -0.3 is 19.9 Å². The van der Waals surface area contributed by atoms with Gasteiger partial charge in [0.15, 0.2) is 5.82 Å². The predicted molar refractivity (Wildman–Crippen MR) is 138 cm³/mol. The van der Waals surface area contributed by atoms with Crippen molar-refractivity contribution in [2.45, 2.75) is 6.92 Å². The second-order valence-corrected chi connectivity index (χ2v) is 9.85. The summed E-state index contributed by atoms with van der Waals surface area (Å²) in [7, 11) is -1.38. The van der Waals surface area contributed by atoms with Crippen LogP contribution in [0, 0.1) is 11.6 Å². The number of halogens is 2. The van der Waals surface area contributed by atoms with E-state index < -0.39 is 38.7 Å². The van der Waals surface area contributed by atoms with Crippen LogP contribution in [-0.4, -0.2) is 85.5 Å². The first-order valence-corrected chi connectivity index (χ1v) is 13.1. The third kappa shape index (κ3) is 6.79. The van der Waals surface area contributed by atoms with Crippen LogP contribution in [0.4, 0.5) is 20.4 Å². The van der Waals surface area contributed by atoms with Crippen LogP contribution in [0.15, 0.2) is 29.2 Å². The SMILES string of the molecule is CCN(C)S(=O)(=O)Nc1ccc(F)c(-c2cc3cnc(NCCOCCOCCO)nc3n(C)c2=O)c1F. The molecule has 3 aromatic rings. The summed E-state index contributed by atoms with van der Waals surface area (Å²) in [6.45, 7) is 3.30. The summed E-state index contributed by atoms with van der Waals surface area (Å²) in [4.78, 5) is 21.6. The van der Waals surface area contributed by atoms with E-state index in [0.29, 0.717) is 31.8 Å². The Labute approximate surface area is 218 Å². The molecule has 0 saturated heterocycles. The van der Waals surface area contributed by atoms with Crippen molar-refractivity contribution < 1.29 is 31.8 Å². The number of aryl methyl sites for hydroxylation is 1. The lowest BCUT2D eigenvalue weighted by molar-refractivity contribution is 0.0360. The minimum Gasteiger partial charge on any atom is -0.394 e. The number of rotatable bonds is 14. The van der Waals surface area contributed by atoms with Crippen molar-refractivity contribution in [2.24, 2.45) is 7.05 Å². The van der Waals surface area contributed by atoms with Gasteiger partial charge in [-0.05, 0) is 18.2 Å². The molecule has 38 heavy (non-hydrogen) atoms. The number of aliphatic hydroxyl groups is 1. The molecule has 1 aromatic carbocycles. The normalized spacial score (nSPS) is 11.9. The van der Waals surface area contributed by atoms with Crippen molar-refractivity contribution in [2.75, 3.05) is 63.2 Å². The summed E-state index contributed by atoms with van der Waals surface area (Å²) in [6, 6.07) is 3.10. The molecule has 0 amide bonds. The van der Waals surface area contributed by atoms with E-state index in [-0.39, 0.29) is 36.9 Å². The fourth-order valence-corrected chi connectivity index (χ4v) is 4.33. The van der Waals surface area contributed by atoms with Crippen LogP contribution in [0.2, 0.25) is 0 Å². The first-order valence-electron chi connectivity index (χ1n) is 11.7. The molecule has 0 unspecified atom stereocenters. The minimum atomic E-state index is -4.09. The monoisotopic (exact) mass is 556 g/mol. The number of benzene rings is 1. The first-order chi connectivity index (χ1) is 18.1. The maximum Gasteiger partial charge on any atom is 0.301 e. The smallest absolute Gasteiger partial charge is 0.301 e.